The second kappa shape index (κ2) is 7.22. The third kappa shape index (κ3) is 3.77. The molecule has 1 aromatic heterocycles. The number of carbonyl (C=O) groups excluding carboxylic acids is 2. The first-order valence-electron chi connectivity index (χ1n) is 9.65. The lowest BCUT2D eigenvalue weighted by atomic mass is 10.1. The number of fused-ring (bicyclic) bond motifs is 1. The van der Waals surface area contributed by atoms with Gasteiger partial charge in [-0.15, -0.1) is 0 Å². The molecule has 2 aliphatic rings. The Morgan fingerprint density at radius 3 is 2.63 bits per heavy atom. The van der Waals surface area contributed by atoms with Crippen LogP contribution in [0, 0.1) is 13.8 Å². The van der Waals surface area contributed by atoms with Crippen molar-refractivity contribution in [2.45, 2.75) is 52.0 Å². The molecule has 142 valence electrons. The van der Waals surface area contributed by atoms with Crippen molar-refractivity contribution in [1.29, 1.82) is 0 Å². The van der Waals surface area contributed by atoms with Gasteiger partial charge in [-0.1, -0.05) is 6.07 Å². The Morgan fingerprint density at radius 2 is 1.85 bits per heavy atom. The third-order valence-electron chi connectivity index (χ3n) is 5.49. The summed E-state index contributed by atoms with van der Waals surface area (Å²) < 4.78 is 12.9. The molecule has 1 heterocycles. The Kier molecular flexibility index (Phi) is 4.77. The average Bonchev–Trinajstić information content (AvgIpc) is 3.29. The fourth-order valence-corrected chi connectivity index (χ4v) is 4.00. The molecule has 1 aromatic carbocycles. The number of carbonyl (C=O) groups is 2. The SMILES string of the molecule is Cc1cc(C(=O)COC(=O)COc2ccc3c(c2)CCC3)c(C)n1C1CC1. The molecule has 0 atom stereocenters. The van der Waals surface area contributed by atoms with Crippen LogP contribution in [0.2, 0.25) is 0 Å². The van der Waals surface area contributed by atoms with Crippen LogP contribution in [-0.2, 0) is 22.4 Å². The lowest BCUT2D eigenvalue weighted by Gasteiger charge is -2.09. The van der Waals surface area contributed by atoms with E-state index in [2.05, 4.69) is 10.6 Å². The number of ketones is 1. The number of ether oxygens (including phenoxy) is 2. The largest absolute Gasteiger partial charge is 0.482 e. The normalized spacial score (nSPS) is 15.5. The fourth-order valence-electron chi connectivity index (χ4n) is 4.00. The molecular formula is C22H25NO4. The number of hydrogen-bond acceptors (Lipinski definition) is 4. The Hall–Kier alpha value is -2.56. The van der Waals surface area contributed by atoms with Crippen molar-refractivity contribution in [2.24, 2.45) is 0 Å². The lowest BCUT2D eigenvalue weighted by molar-refractivity contribution is -0.144. The summed E-state index contributed by atoms with van der Waals surface area (Å²) in [5.41, 5.74) is 5.35. The Morgan fingerprint density at radius 1 is 1.07 bits per heavy atom. The molecule has 0 bridgehead atoms. The standard InChI is InChI=1S/C22H25NO4/c1-14-10-20(15(2)23(14)18-7-8-18)21(24)12-27-22(25)13-26-19-9-6-16-4-3-5-17(16)11-19/h6,9-11,18H,3-5,7-8,12-13H2,1-2H3. The summed E-state index contributed by atoms with van der Waals surface area (Å²) in [6, 6.07) is 8.35. The molecule has 1 saturated carbocycles. The Bertz CT molecular complexity index is 892. The summed E-state index contributed by atoms with van der Waals surface area (Å²) in [5.74, 6) is -0.0207. The second-order valence-corrected chi connectivity index (χ2v) is 7.54. The van der Waals surface area contributed by atoms with E-state index in [1.807, 2.05) is 32.0 Å². The van der Waals surface area contributed by atoms with Gasteiger partial charge in [-0.3, -0.25) is 4.79 Å². The van der Waals surface area contributed by atoms with Gasteiger partial charge in [-0.25, -0.2) is 4.79 Å². The van der Waals surface area contributed by atoms with Gasteiger partial charge in [0.25, 0.3) is 0 Å². The fraction of sp³-hybridized carbons (Fsp3) is 0.455. The molecule has 0 unspecified atom stereocenters. The van der Waals surface area contributed by atoms with E-state index in [1.165, 1.54) is 30.4 Å². The number of nitrogens with zero attached hydrogens (tertiary/aromatic N) is 1. The number of hydrogen-bond donors (Lipinski definition) is 0. The zero-order chi connectivity index (χ0) is 19.0. The van der Waals surface area contributed by atoms with Crippen molar-refractivity contribution in [2.75, 3.05) is 13.2 Å². The van der Waals surface area contributed by atoms with Crippen LogP contribution in [0.5, 0.6) is 5.75 Å². The monoisotopic (exact) mass is 367 g/mol. The lowest BCUT2D eigenvalue weighted by Crippen LogP contribution is -2.20. The molecular weight excluding hydrogens is 342 g/mol. The molecule has 0 radical (unpaired) electrons. The van der Waals surface area contributed by atoms with Crippen LogP contribution in [0.4, 0.5) is 0 Å². The maximum Gasteiger partial charge on any atom is 0.344 e. The van der Waals surface area contributed by atoms with Gasteiger partial charge in [0.05, 0.1) is 0 Å². The van der Waals surface area contributed by atoms with Crippen LogP contribution in [0.25, 0.3) is 0 Å². The number of aromatic nitrogens is 1. The summed E-state index contributed by atoms with van der Waals surface area (Å²) in [7, 11) is 0. The summed E-state index contributed by atoms with van der Waals surface area (Å²) >= 11 is 0. The van der Waals surface area contributed by atoms with Gasteiger partial charge >= 0.3 is 5.97 Å². The summed E-state index contributed by atoms with van der Waals surface area (Å²) in [4.78, 5) is 24.4. The van der Waals surface area contributed by atoms with Gasteiger partial charge in [-0.05, 0) is 75.3 Å². The van der Waals surface area contributed by atoms with Gasteiger partial charge in [0.1, 0.15) is 5.75 Å². The molecule has 5 heteroatoms. The highest BCUT2D eigenvalue weighted by Crippen LogP contribution is 2.38. The third-order valence-corrected chi connectivity index (χ3v) is 5.49. The van der Waals surface area contributed by atoms with Crippen molar-refractivity contribution in [3.8, 4) is 5.75 Å². The number of aryl methyl sites for hydroxylation is 3. The summed E-state index contributed by atoms with van der Waals surface area (Å²) in [5, 5.41) is 0. The predicted molar refractivity (Wildman–Crippen MR) is 101 cm³/mol. The highest BCUT2D eigenvalue weighted by molar-refractivity contribution is 5.99. The van der Waals surface area contributed by atoms with Gasteiger partial charge in [0, 0.05) is 23.0 Å². The quantitative estimate of drug-likeness (QED) is 0.553. The van der Waals surface area contributed by atoms with E-state index in [1.54, 1.807) is 0 Å². The van der Waals surface area contributed by atoms with Crippen LogP contribution in [0.15, 0.2) is 24.3 Å². The topological polar surface area (TPSA) is 57.5 Å². The molecule has 0 spiro atoms. The zero-order valence-electron chi connectivity index (χ0n) is 15.9. The van der Waals surface area contributed by atoms with Gasteiger partial charge < -0.3 is 14.0 Å². The molecule has 4 rings (SSSR count). The average molecular weight is 367 g/mol. The Balaban J connectivity index is 1.29. The first-order valence-corrected chi connectivity index (χ1v) is 9.65. The molecule has 0 amide bonds. The van der Waals surface area contributed by atoms with E-state index in [9.17, 15) is 9.59 Å². The van der Waals surface area contributed by atoms with Gasteiger partial charge in [0.15, 0.2) is 13.2 Å². The van der Waals surface area contributed by atoms with Crippen molar-refractivity contribution in [3.63, 3.8) is 0 Å². The molecule has 1 fully saturated rings. The molecule has 2 aromatic rings. The maximum absolute atomic E-state index is 12.4. The van der Waals surface area contributed by atoms with E-state index < -0.39 is 5.97 Å². The summed E-state index contributed by atoms with van der Waals surface area (Å²) in [6.07, 6.45) is 5.67. The van der Waals surface area contributed by atoms with E-state index >= 15 is 0 Å². The van der Waals surface area contributed by atoms with Gasteiger partial charge in [0.2, 0.25) is 5.78 Å². The Labute approximate surface area is 159 Å². The van der Waals surface area contributed by atoms with Crippen LogP contribution in [0.1, 0.15) is 58.2 Å². The molecule has 27 heavy (non-hydrogen) atoms. The zero-order valence-corrected chi connectivity index (χ0v) is 15.9. The van der Waals surface area contributed by atoms with Crippen molar-refractivity contribution in [3.05, 3.63) is 52.3 Å². The molecule has 0 N–H and O–H groups in total. The molecule has 0 aliphatic heterocycles. The van der Waals surface area contributed by atoms with E-state index in [0.29, 0.717) is 17.4 Å². The minimum atomic E-state index is -0.528. The van der Waals surface area contributed by atoms with Crippen molar-refractivity contribution < 1.29 is 19.1 Å². The van der Waals surface area contributed by atoms with E-state index in [4.69, 9.17) is 9.47 Å². The smallest absolute Gasteiger partial charge is 0.344 e. The van der Waals surface area contributed by atoms with Crippen molar-refractivity contribution in [1.82, 2.24) is 4.57 Å². The van der Waals surface area contributed by atoms with Gasteiger partial charge in [-0.2, -0.15) is 0 Å². The first kappa shape index (κ1) is 17.8. The first-order chi connectivity index (χ1) is 13.0. The molecule has 0 saturated heterocycles. The van der Waals surface area contributed by atoms with Crippen LogP contribution >= 0.6 is 0 Å². The van der Waals surface area contributed by atoms with E-state index in [0.717, 1.165) is 24.2 Å². The highest BCUT2D eigenvalue weighted by atomic mass is 16.6. The van der Waals surface area contributed by atoms with Crippen LogP contribution in [-0.4, -0.2) is 29.5 Å². The van der Waals surface area contributed by atoms with Crippen LogP contribution < -0.4 is 4.74 Å². The number of rotatable bonds is 7. The van der Waals surface area contributed by atoms with Crippen LogP contribution in [0.3, 0.4) is 0 Å². The molecule has 2 aliphatic carbocycles. The van der Waals surface area contributed by atoms with Crippen molar-refractivity contribution >= 4 is 11.8 Å². The minimum Gasteiger partial charge on any atom is -0.482 e. The molecule has 5 nitrogen and oxygen atoms in total. The predicted octanol–water partition coefficient (Wildman–Crippen LogP) is 3.73. The second-order valence-electron chi connectivity index (χ2n) is 7.54. The number of benzene rings is 1. The maximum atomic E-state index is 12.4. The van der Waals surface area contributed by atoms with E-state index in [-0.39, 0.29) is 19.0 Å². The minimum absolute atomic E-state index is 0.166. The number of esters is 1. The number of Topliss-reactive ketones (excluding diaryl/α,β-unsaturated/α-hetero) is 1. The highest BCUT2D eigenvalue weighted by Gasteiger charge is 2.28. The summed E-state index contributed by atoms with van der Waals surface area (Å²) in [6.45, 7) is 3.53.